The lowest BCUT2D eigenvalue weighted by Gasteiger charge is -2.30. The normalized spacial score (nSPS) is 11.3. The van der Waals surface area contributed by atoms with Gasteiger partial charge in [-0.2, -0.15) is 0 Å². The standard InChI is InChI=1S/C70H48N2/c1-3-19-51(20-4-1)60-26-9-10-30-65(60)70-62(53-21-5-2-6-22-53)32-18-36-69(70)71(56-45-41-50(42-46-56)49-37-39-54(40-38-49)59-31-17-24-52-23-7-8-25-58(52)59)57-47-43-55(44-48-57)61-27-11-14-33-66(61)72-67-34-15-12-28-63(67)64-29-13-16-35-68(64)72/h1-48H. The van der Waals surface area contributed by atoms with Gasteiger partial charge in [0.05, 0.1) is 22.4 Å². The lowest BCUT2D eigenvalue weighted by molar-refractivity contribution is 1.18. The molecule has 2 nitrogen and oxygen atoms in total. The molecule has 0 unspecified atom stereocenters. The van der Waals surface area contributed by atoms with Crippen LogP contribution in [0.4, 0.5) is 17.1 Å². The number of anilines is 3. The van der Waals surface area contributed by atoms with E-state index in [1.165, 1.54) is 77.1 Å². The molecule has 0 amide bonds. The lowest BCUT2D eigenvalue weighted by Crippen LogP contribution is -2.12. The zero-order valence-corrected chi connectivity index (χ0v) is 39.6. The molecule has 0 spiro atoms. The maximum absolute atomic E-state index is 2.44. The maximum atomic E-state index is 2.44. The number of hydrogen-bond donors (Lipinski definition) is 0. The van der Waals surface area contributed by atoms with E-state index >= 15 is 0 Å². The van der Waals surface area contributed by atoms with Crippen molar-refractivity contribution in [3.8, 4) is 72.4 Å². The molecule has 0 saturated heterocycles. The molecule has 1 aromatic heterocycles. The molecule has 0 aliphatic rings. The van der Waals surface area contributed by atoms with Gasteiger partial charge in [0.15, 0.2) is 0 Å². The highest BCUT2D eigenvalue weighted by molar-refractivity contribution is 6.10. The molecule has 2 heteroatoms. The third-order valence-electron chi connectivity index (χ3n) is 14.3. The molecule has 338 valence electrons. The third kappa shape index (κ3) is 7.63. The predicted molar refractivity (Wildman–Crippen MR) is 306 cm³/mol. The molecule has 0 atom stereocenters. The van der Waals surface area contributed by atoms with E-state index in [0.717, 1.165) is 45.0 Å². The van der Waals surface area contributed by atoms with Gasteiger partial charge in [0.2, 0.25) is 0 Å². The largest absolute Gasteiger partial charge is 0.310 e. The minimum atomic E-state index is 1.06. The van der Waals surface area contributed by atoms with Crippen LogP contribution in [0.1, 0.15) is 0 Å². The highest BCUT2D eigenvalue weighted by Crippen LogP contribution is 2.49. The molecular weight excluding hydrogens is 869 g/mol. The molecule has 0 saturated carbocycles. The van der Waals surface area contributed by atoms with E-state index in [2.05, 4.69) is 301 Å². The first kappa shape index (κ1) is 42.6. The monoisotopic (exact) mass is 916 g/mol. The zero-order valence-electron chi connectivity index (χ0n) is 39.6. The summed E-state index contributed by atoms with van der Waals surface area (Å²) in [4.78, 5) is 2.44. The van der Waals surface area contributed by atoms with Crippen molar-refractivity contribution >= 4 is 49.6 Å². The first-order valence-electron chi connectivity index (χ1n) is 24.8. The van der Waals surface area contributed by atoms with Crippen LogP contribution in [0.5, 0.6) is 0 Å². The fraction of sp³-hybridized carbons (Fsp3) is 0. The van der Waals surface area contributed by atoms with Crippen molar-refractivity contribution in [2.45, 2.75) is 0 Å². The quantitative estimate of drug-likeness (QED) is 0.133. The van der Waals surface area contributed by atoms with Crippen molar-refractivity contribution in [2.75, 3.05) is 4.90 Å². The lowest BCUT2D eigenvalue weighted by atomic mass is 9.87. The fourth-order valence-corrected chi connectivity index (χ4v) is 10.9. The van der Waals surface area contributed by atoms with Crippen molar-refractivity contribution in [3.05, 3.63) is 291 Å². The van der Waals surface area contributed by atoms with E-state index in [4.69, 9.17) is 0 Å². The second-order valence-corrected chi connectivity index (χ2v) is 18.4. The summed E-state index contributed by atoms with van der Waals surface area (Å²) in [5, 5.41) is 5.01. The molecule has 13 aromatic rings. The molecule has 0 bridgehead atoms. The summed E-state index contributed by atoms with van der Waals surface area (Å²) in [6.07, 6.45) is 0. The molecule has 72 heavy (non-hydrogen) atoms. The third-order valence-corrected chi connectivity index (χ3v) is 14.3. The molecular formula is C70H48N2. The Kier molecular flexibility index (Phi) is 10.9. The number of fused-ring (bicyclic) bond motifs is 4. The average molecular weight is 917 g/mol. The second-order valence-electron chi connectivity index (χ2n) is 18.4. The van der Waals surface area contributed by atoms with Gasteiger partial charge in [-0.25, -0.2) is 0 Å². The summed E-state index contributed by atoms with van der Waals surface area (Å²) in [7, 11) is 0. The molecule has 0 fully saturated rings. The van der Waals surface area contributed by atoms with Crippen molar-refractivity contribution in [1.82, 2.24) is 4.57 Å². The van der Waals surface area contributed by atoms with E-state index in [9.17, 15) is 0 Å². The van der Waals surface area contributed by atoms with Crippen LogP contribution in [0, 0.1) is 0 Å². The summed E-state index contributed by atoms with van der Waals surface area (Å²) in [5.41, 5.74) is 20.9. The van der Waals surface area contributed by atoms with Crippen LogP contribution in [0.3, 0.4) is 0 Å². The molecule has 13 rings (SSSR count). The highest BCUT2D eigenvalue weighted by Gasteiger charge is 2.23. The Morgan fingerprint density at radius 2 is 0.639 bits per heavy atom. The first-order valence-corrected chi connectivity index (χ1v) is 24.8. The predicted octanol–water partition coefficient (Wildman–Crippen LogP) is 19.4. The number of nitrogens with zero attached hydrogens (tertiary/aromatic N) is 2. The minimum absolute atomic E-state index is 1.06. The maximum Gasteiger partial charge on any atom is 0.0546 e. The zero-order chi connectivity index (χ0) is 47.8. The summed E-state index contributed by atoms with van der Waals surface area (Å²) >= 11 is 0. The van der Waals surface area contributed by atoms with Crippen molar-refractivity contribution < 1.29 is 0 Å². The molecule has 12 aromatic carbocycles. The summed E-state index contributed by atoms with van der Waals surface area (Å²) in [6.45, 7) is 0. The van der Waals surface area contributed by atoms with Gasteiger partial charge in [-0.3, -0.25) is 0 Å². The van der Waals surface area contributed by atoms with Crippen molar-refractivity contribution in [2.24, 2.45) is 0 Å². The summed E-state index contributed by atoms with van der Waals surface area (Å²) in [6, 6.07) is 106. The van der Waals surface area contributed by atoms with E-state index in [1.54, 1.807) is 0 Å². The average Bonchev–Trinajstić information content (AvgIpc) is 3.80. The Labute approximate surface area is 420 Å². The van der Waals surface area contributed by atoms with Crippen molar-refractivity contribution in [1.29, 1.82) is 0 Å². The Bertz CT molecular complexity index is 4000. The Hall–Kier alpha value is -9.50. The van der Waals surface area contributed by atoms with Gasteiger partial charge >= 0.3 is 0 Å². The van der Waals surface area contributed by atoms with Gasteiger partial charge < -0.3 is 9.47 Å². The van der Waals surface area contributed by atoms with Gasteiger partial charge in [0.1, 0.15) is 0 Å². The topological polar surface area (TPSA) is 8.17 Å². The molecule has 0 radical (unpaired) electrons. The second kappa shape index (κ2) is 18.4. The van der Waals surface area contributed by atoms with Gasteiger partial charge in [-0.1, -0.05) is 243 Å². The van der Waals surface area contributed by atoms with E-state index in [-0.39, 0.29) is 0 Å². The van der Waals surface area contributed by atoms with E-state index in [0.29, 0.717) is 0 Å². The SMILES string of the molecule is c1ccc(-c2ccccc2-c2c(-c3ccccc3)cccc2N(c2ccc(-c3ccc(-c4cccc5ccccc45)cc3)cc2)c2ccc(-c3ccccc3-n3c4ccccc4c4ccccc43)cc2)cc1. The summed E-state index contributed by atoms with van der Waals surface area (Å²) in [5.74, 6) is 0. The highest BCUT2D eigenvalue weighted by atomic mass is 15.1. The number of hydrogen-bond acceptors (Lipinski definition) is 1. The Morgan fingerprint density at radius 1 is 0.236 bits per heavy atom. The van der Waals surface area contributed by atoms with Gasteiger partial charge in [-0.05, 0) is 115 Å². The van der Waals surface area contributed by atoms with Gasteiger partial charge in [0, 0.05) is 33.3 Å². The van der Waals surface area contributed by atoms with Gasteiger partial charge in [-0.15, -0.1) is 0 Å². The number of aromatic nitrogens is 1. The fourth-order valence-electron chi connectivity index (χ4n) is 10.9. The number of benzene rings is 12. The van der Waals surface area contributed by atoms with Crippen LogP contribution in [-0.2, 0) is 0 Å². The minimum Gasteiger partial charge on any atom is -0.310 e. The van der Waals surface area contributed by atoms with Crippen LogP contribution < -0.4 is 4.90 Å². The number of para-hydroxylation sites is 3. The number of rotatable bonds is 10. The van der Waals surface area contributed by atoms with Crippen LogP contribution in [0.2, 0.25) is 0 Å². The van der Waals surface area contributed by atoms with Crippen LogP contribution in [0.25, 0.3) is 105 Å². The molecule has 0 N–H and O–H groups in total. The molecule has 1 heterocycles. The van der Waals surface area contributed by atoms with Crippen LogP contribution >= 0.6 is 0 Å². The Morgan fingerprint density at radius 3 is 1.29 bits per heavy atom. The molecule has 0 aliphatic heterocycles. The first-order chi connectivity index (χ1) is 35.7. The van der Waals surface area contributed by atoms with Crippen LogP contribution in [0.15, 0.2) is 291 Å². The smallest absolute Gasteiger partial charge is 0.0546 e. The van der Waals surface area contributed by atoms with Crippen molar-refractivity contribution in [3.63, 3.8) is 0 Å². The van der Waals surface area contributed by atoms with E-state index < -0.39 is 0 Å². The van der Waals surface area contributed by atoms with Gasteiger partial charge in [0.25, 0.3) is 0 Å². The Balaban J connectivity index is 0.965. The summed E-state index contributed by atoms with van der Waals surface area (Å²) < 4.78 is 2.42. The molecule has 0 aliphatic carbocycles. The van der Waals surface area contributed by atoms with E-state index in [1.807, 2.05) is 0 Å². The van der Waals surface area contributed by atoms with Crippen LogP contribution in [-0.4, -0.2) is 4.57 Å².